The van der Waals surface area contributed by atoms with Crippen LogP contribution in [-0.2, 0) is 11.2 Å². The van der Waals surface area contributed by atoms with Gasteiger partial charge in [0.05, 0.1) is 12.6 Å². The van der Waals surface area contributed by atoms with Crippen LogP contribution in [-0.4, -0.2) is 22.6 Å². The summed E-state index contributed by atoms with van der Waals surface area (Å²) in [4.78, 5) is 15.9. The molecule has 2 rings (SSSR count). The molecule has 1 amide bonds. The van der Waals surface area contributed by atoms with Gasteiger partial charge in [0.1, 0.15) is 0 Å². The average Bonchev–Trinajstić information content (AvgIpc) is 2.52. The largest absolute Gasteiger partial charge is 0.394 e. The molecule has 0 aliphatic rings. The molecule has 1 atom stereocenters. The summed E-state index contributed by atoms with van der Waals surface area (Å²) < 4.78 is 0. The van der Waals surface area contributed by atoms with Crippen molar-refractivity contribution in [2.24, 2.45) is 0 Å². The van der Waals surface area contributed by atoms with Crippen molar-refractivity contribution in [3.63, 3.8) is 0 Å². The smallest absolute Gasteiger partial charge is 0.220 e. The lowest BCUT2D eigenvalue weighted by Crippen LogP contribution is -2.30. The van der Waals surface area contributed by atoms with Crippen molar-refractivity contribution in [3.8, 4) is 0 Å². The van der Waals surface area contributed by atoms with Gasteiger partial charge in [-0.15, -0.1) is 0 Å². The van der Waals surface area contributed by atoms with Crippen molar-refractivity contribution in [3.05, 3.63) is 66.0 Å². The first-order valence-corrected chi connectivity index (χ1v) is 6.63. The van der Waals surface area contributed by atoms with Gasteiger partial charge in [-0.2, -0.15) is 0 Å². The lowest BCUT2D eigenvalue weighted by atomic mass is 10.1. The van der Waals surface area contributed by atoms with Gasteiger partial charge < -0.3 is 10.4 Å². The quantitative estimate of drug-likeness (QED) is 0.842. The number of hydrogen-bond acceptors (Lipinski definition) is 3. The van der Waals surface area contributed by atoms with Gasteiger partial charge in [-0.25, -0.2) is 0 Å². The van der Waals surface area contributed by atoms with Crippen LogP contribution < -0.4 is 5.32 Å². The number of amides is 1. The van der Waals surface area contributed by atoms with Crippen LogP contribution in [0.25, 0.3) is 0 Å². The van der Waals surface area contributed by atoms with Crippen LogP contribution in [0.1, 0.15) is 23.6 Å². The molecule has 0 saturated carbocycles. The average molecular weight is 270 g/mol. The summed E-state index contributed by atoms with van der Waals surface area (Å²) in [5.41, 5.74) is 1.94. The molecule has 0 saturated heterocycles. The first-order valence-electron chi connectivity index (χ1n) is 6.63. The van der Waals surface area contributed by atoms with Gasteiger partial charge in [0.2, 0.25) is 5.91 Å². The molecule has 104 valence electrons. The van der Waals surface area contributed by atoms with E-state index >= 15 is 0 Å². The van der Waals surface area contributed by atoms with Crippen molar-refractivity contribution in [1.29, 1.82) is 0 Å². The number of carbonyl (C=O) groups is 1. The predicted molar refractivity (Wildman–Crippen MR) is 77.0 cm³/mol. The van der Waals surface area contributed by atoms with E-state index in [1.165, 1.54) is 0 Å². The first-order chi connectivity index (χ1) is 9.79. The maximum atomic E-state index is 11.9. The van der Waals surface area contributed by atoms with E-state index in [1.807, 2.05) is 42.5 Å². The topological polar surface area (TPSA) is 62.2 Å². The summed E-state index contributed by atoms with van der Waals surface area (Å²) in [6.07, 6.45) is 4.50. The molecule has 20 heavy (non-hydrogen) atoms. The second kappa shape index (κ2) is 7.40. The summed E-state index contributed by atoms with van der Waals surface area (Å²) in [6, 6.07) is 12.9. The molecule has 0 unspecified atom stereocenters. The maximum absolute atomic E-state index is 11.9. The lowest BCUT2D eigenvalue weighted by Gasteiger charge is -2.16. The Bertz CT molecular complexity index is 529. The molecular weight excluding hydrogens is 252 g/mol. The molecule has 0 aliphatic heterocycles. The Kier molecular flexibility index (Phi) is 5.26. The van der Waals surface area contributed by atoms with E-state index in [1.54, 1.807) is 12.4 Å². The van der Waals surface area contributed by atoms with Crippen LogP contribution >= 0.6 is 0 Å². The van der Waals surface area contributed by atoms with Crippen molar-refractivity contribution in [1.82, 2.24) is 10.3 Å². The molecule has 4 heteroatoms. The van der Waals surface area contributed by atoms with Crippen LogP contribution in [0.4, 0.5) is 0 Å². The maximum Gasteiger partial charge on any atom is 0.220 e. The van der Waals surface area contributed by atoms with Crippen LogP contribution in [0.5, 0.6) is 0 Å². The molecular formula is C16H18N2O2. The fourth-order valence-electron chi connectivity index (χ4n) is 1.99. The number of carbonyl (C=O) groups excluding carboxylic acids is 1. The van der Waals surface area contributed by atoms with Gasteiger partial charge in [-0.1, -0.05) is 36.4 Å². The SMILES string of the molecule is O=C(CCc1cccnc1)N[C@H](CO)c1ccccc1. The number of aliphatic hydroxyl groups is 1. The van der Waals surface area contributed by atoms with Crippen molar-refractivity contribution in [2.45, 2.75) is 18.9 Å². The Labute approximate surface area is 118 Å². The van der Waals surface area contributed by atoms with Crippen molar-refractivity contribution < 1.29 is 9.90 Å². The number of pyridine rings is 1. The minimum Gasteiger partial charge on any atom is -0.394 e. The van der Waals surface area contributed by atoms with Gasteiger partial charge >= 0.3 is 0 Å². The van der Waals surface area contributed by atoms with E-state index in [0.717, 1.165) is 11.1 Å². The second-order valence-corrected chi connectivity index (χ2v) is 4.57. The molecule has 4 nitrogen and oxygen atoms in total. The fourth-order valence-corrected chi connectivity index (χ4v) is 1.99. The number of aromatic nitrogens is 1. The fraction of sp³-hybridized carbons (Fsp3) is 0.250. The minimum atomic E-state index is -0.349. The molecule has 0 radical (unpaired) electrons. The molecule has 0 spiro atoms. The summed E-state index contributed by atoms with van der Waals surface area (Å²) in [5.74, 6) is -0.0724. The van der Waals surface area contributed by atoms with E-state index < -0.39 is 0 Å². The Balaban J connectivity index is 1.87. The zero-order valence-electron chi connectivity index (χ0n) is 11.2. The van der Waals surface area contributed by atoms with E-state index in [4.69, 9.17) is 0 Å². The number of aryl methyl sites for hydroxylation is 1. The van der Waals surface area contributed by atoms with Crippen LogP contribution in [0.2, 0.25) is 0 Å². The number of benzene rings is 1. The zero-order chi connectivity index (χ0) is 14.2. The lowest BCUT2D eigenvalue weighted by molar-refractivity contribution is -0.122. The van der Waals surface area contributed by atoms with Crippen LogP contribution in [0.3, 0.4) is 0 Å². The molecule has 1 heterocycles. The number of rotatable bonds is 6. The highest BCUT2D eigenvalue weighted by molar-refractivity contribution is 5.76. The summed E-state index contributed by atoms with van der Waals surface area (Å²) in [7, 11) is 0. The number of nitrogens with zero attached hydrogens (tertiary/aromatic N) is 1. The number of aliphatic hydroxyl groups excluding tert-OH is 1. The van der Waals surface area contributed by atoms with E-state index in [9.17, 15) is 9.90 Å². The standard InChI is InChI=1S/C16H18N2O2/c19-12-15(14-6-2-1-3-7-14)18-16(20)9-8-13-5-4-10-17-11-13/h1-7,10-11,15,19H,8-9,12H2,(H,18,20)/t15-/m1/s1. The van der Waals surface area contributed by atoms with Crippen molar-refractivity contribution >= 4 is 5.91 Å². The summed E-state index contributed by atoms with van der Waals surface area (Å²) >= 11 is 0. The molecule has 0 fully saturated rings. The molecule has 1 aromatic carbocycles. The highest BCUT2D eigenvalue weighted by atomic mass is 16.3. The molecule has 2 aromatic rings. The zero-order valence-corrected chi connectivity index (χ0v) is 11.2. The highest BCUT2D eigenvalue weighted by Crippen LogP contribution is 2.12. The molecule has 0 bridgehead atoms. The van der Waals surface area contributed by atoms with Crippen molar-refractivity contribution in [2.75, 3.05) is 6.61 Å². The van der Waals surface area contributed by atoms with Gasteiger partial charge in [-0.05, 0) is 23.6 Å². The van der Waals surface area contributed by atoms with Crippen LogP contribution in [0.15, 0.2) is 54.9 Å². The van der Waals surface area contributed by atoms with E-state index in [-0.39, 0.29) is 18.6 Å². The minimum absolute atomic E-state index is 0.0724. The normalized spacial score (nSPS) is 11.8. The number of nitrogens with one attached hydrogen (secondary N) is 1. The Morgan fingerprint density at radius 1 is 1.20 bits per heavy atom. The summed E-state index contributed by atoms with van der Waals surface area (Å²) in [5, 5.41) is 12.2. The molecule has 0 aliphatic carbocycles. The van der Waals surface area contributed by atoms with E-state index in [2.05, 4.69) is 10.3 Å². The van der Waals surface area contributed by atoms with Crippen LogP contribution in [0, 0.1) is 0 Å². The third-order valence-electron chi connectivity index (χ3n) is 3.08. The Hall–Kier alpha value is -2.20. The van der Waals surface area contributed by atoms with Gasteiger partial charge in [-0.3, -0.25) is 9.78 Å². The number of hydrogen-bond donors (Lipinski definition) is 2. The van der Waals surface area contributed by atoms with E-state index in [0.29, 0.717) is 12.8 Å². The Morgan fingerprint density at radius 3 is 2.65 bits per heavy atom. The molecule has 1 aromatic heterocycles. The summed E-state index contributed by atoms with van der Waals surface area (Å²) in [6.45, 7) is -0.108. The Morgan fingerprint density at radius 2 is 2.00 bits per heavy atom. The van der Waals surface area contributed by atoms with Gasteiger partial charge in [0.25, 0.3) is 0 Å². The van der Waals surface area contributed by atoms with Gasteiger partial charge in [0, 0.05) is 18.8 Å². The predicted octanol–water partition coefficient (Wildman–Crippen LogP) is 1.86. The van der Waals surface area contributed by atoms with Gasteiger partial charge in [0.15, 0.2) is 0 Å². The second-order valence-electron chi connectivity index (χ2n) is 4.57. The monoisotopic (exact) mass is 270 g/mol. The molecule has 2 N–H and O–H groups in total. The highest BCUT2D eigenvalue weighted by Gasteiger charge is 2.13. The third-order valence-corrected chi connectivity index (χ3v) is 3.08. The third kappa shape index (κ3) is 4.17. The first kappa shape index (κ1) is 14.2.